The lowest BCUT2D eigenvalue weighted by molar-refractivity contribution is -0.121. The summed E-state index contributed by atoms with van der Waals surface area (Å²) >= 11 is 0. The summed E-state index contributed by atoms with van der Waals surface area (Å²) in [6.45, 7) is 2.18. The second kappa shape index (κ2) is 7.36. The van der Waals surface area contributed by atoms with Crippen LogP contribution in [0.5, 0.6) is 5.75 Å². The number of benzene rings is 2. The van der Waals surface area contributed by atoms with Crippen LogP contribution >= 0.6 is 0 Å². The maximum Gasteiger partial charge on any atom is 0.240 e. The number of carbonyl (C=O) groups excluding carboxylic acids is 1. The number of aromatic nitrogens is 2. The number of amides is 1. The van der Waals surface area contributed by atoms with Crippen LogP contribution in [0.15, 0.2) is 48.5 Å². The predicted molar refractivity (Wildman–Crippen MR) is 95.2 cm³/mol. The van der Waals surface area contributed by atoms with Gasteiger partial charge in [-0.05, 0) is 36.8 Å². The molecule has 3 rings (SSSR count). The number of carbonyl (C=O) groups is 1. The predicted octanol–water partition coefficient (Wildman–Crippen LogP) is 2.41. The Morgan fingerprint density at radius 2 is 1.96 bits per heavy atom. The van der Waals surface area contributed by atoms with Gasteiger partial charge in [-0.25, -0.2) is 4.98 Å². The number of hydrogen-bond donors (Lipinski definition) is 2. The number of rotatable bonds is 6. The Morgan fingerprint density at radius 3 is 2.64 bits per heavy atom. The van der Waals surface area contributed by atoms with Crippen LogP contribution < -0.4 is 10.1 Å². The second-order valence-corrected chi connectivity index (χ2v) is 5.85. The lowest BCUT2D eigenvalue weighted by atomic mass is 10.2. The molecule has 1 heterocycles. The molecule has 0 aliphatic rings. The standard InChI is InChI=1S/C19H21N3O3/c1-13(23)19-21-16-5-3-4-6-17(16)22(19)12-18(24)20-11-14-7-9-15(25-2)10-8-14/h3-10,13,23H,11-12H2,1-2H3,(H,20,24). The van der Waals surface area contributed by atoms with Crippen molar-refractivity contribution in [3.63, 3.8) is 0 Å². The lowest BCUT2D eigenvalue weighted by Gasteiger charge is -2.11. The van der Waals surface area contributed by atoms with Crippen LogP contribution in [0.25, 0.3) is 11.0 Å². The average molecular weight is 339 g/mol. The van der Waals surface area contributed by atoms with Gasteiger partial charge in [-0.2, -0.15) is 0 Å². The van der Waals surface area contributed by atoms with E-state index in [0.717, 1.165) is 22.3 Å². The number of aliphatic hydroxyl groups is 1. The van der Waals surface area contributed by atoms with Gasteiger partial charge in [0.1, 0.15) is 24.2 Å². The van der Waals surface area contributed by atoms with E-state index >= 15 is 0 Å². The molecule has 2 N–H and O–H groups in total. The van der Waals surface area contributed by atoms with E-state index in [0.29, 0.717) is 12.4 Å². The fraction of sp³-hybridized carbons (Fsp3) is 0.263. The molecule has 3 aromatic rings. The SMILES string of the molecule is COc1ccc(CNC(=O)Cn2c(C(C)O)nc3ccccc32)cc1. The van der Waals surface area contributed by atoms with Crippen molar-refractivity contribution in [2.75, 3.05) is 7.11 Å². The van der Waals surface area contributed by atoms with E-state index in [2.05, 4.69) is 10.3 Å². The highest BCUT2D eigenvalue weighted by molar-refractivity contribution is 5.81. The molecule has 0 radical (unpaired) electrons. The molecule has 0 saturated carbocycles. The minimum absolute atomic E-state index is 0.108. The van der Waals surface area contributed by atoms with Crippen LogP contribution in [0, 0.1) is 0 Å². The first-order valence-corrected chi connectivity index (χ1v) is 8.11. The van der Waals surface area contributed by atoms with Gasteiger partial charge in [0.2, 0.25) is 5.91 Å². The van der Waals surface area contributed by atoms with Gasteiger partial charge in [0.15, 0.2) is 0 Å². The topological polar surface area (TPSA) is 76.4 Å². The molecule has 1 atom stereocenters. The molecule has 0 aliphatic carbocycles. The number of aliphatic hydroxyl groups excluding tert-OH is 1. The molecule has 1 amide bonds. The van der Waals surface area contributed by atoms with E-state index in [1.54, 1.807) is 18.6 Å². The first-order chi connectivity index (χ1) is 12.1. The van der Waals surface area contributed by atoms with Crippen molar-refractivity contribution < 1.29 is 14.6 Å². The highest BCUT2D eigenvalue weighted by Gasteiger charge is 2.16. The van der Waals surface area contributed by atoms with Gasteiger partial charge in [-0.1, -0.05) is 24.3 Å². The fourth-order valence-corrected chi connectivity index (χ4v) is 2.72. The van der Waals surface area contributed by atoms with E-state index in [1.807, 2.05) is 48.5 Å². The number of imidazole rings is 1. The zero-order valence-corrected chi connectivity index (χ0v) is 14.3. The number of methoxy groups -OCH3 is 1. The first-order valence-electron chi connectivity index (χ1n) is 8.11. The van der Waals surface area contributed by atoms with Crippen LogP contribution in [0.2, 0.25) is 0 Å². The molecule has 6 heteroatoms. The Balaban J connectivity index is 1.72. The highest BCUT2D eigenvalue weighted by atomic mass is 16.5. The van der Waals surface area contributed by atoms with Crippen LogP contribution in [0.1, 0.15) is 24.4 Å². The van der Waals surface area contributed by atoms with Crippen molar-refractivity contribution in [3.05, 3.63) is 59.9 Å². The van der Waals surface area contributed by atoms with Crippen molar-refractivity contribution in [2.24, 2.45) is 0 Å². The summed E-state index contributed by atoms with van der Waals surface area (Å²) in [7, 11) is 1.62. The quantitative estimate of drug-likeness (QED) is 0.723. The van der Waals surface area contributed by atoms with Crippen LogP contribution in [0.3, 0.4) is 0 Å². The van der Waals surface area contributed by atoms with E-state index in [-0.39, 0.29) is 12.5 Å². The molecular formula is C19H21N3O3. The highest BCUT2D eigenvalue weighted by Crippen LogP contribution is 2.20. The summed E-state index contributed by atoms with van der Waals surface area (Å²) in [6.07, 6.45) is -0.748. The van der Waals surface area contributed by atoms with Crippen molar-refractivity contribution >= 4 is 16.9 Å². The van der Waals surface area contributed by atoms with E-state index in [1.165, 1.54) is 0 Å². The molecule has 1 unspecified atom stereocenters. The Labute approximate surface area is 146 Å². The Hall–Kier alpha value is -2.86. The summed E-state index contributed by atoms with van der Waals surface area (Å²) in [4.78, 5) is 16.8. The summed E-state index contributed by atoms with van der Waals surface area (Å²) < 4.78 is 6.87. The molecule has 2 aromatic carbocycles. The maximum atomic E-state index is 12.4. The van der Waals surface area contributed by atoms with Gasteiger partial charge in [0.25, 0.3) is 0 Å². The number of hydrogen-bond acceptors (Lipinski definition) is 4. The van der Waals surface area contributed by atoms with Crippen molar-refractivity contribution in [1.82, 2.24) is 14.9 Å². The van der Waals surface area contributed by atoms with Crippen LogP contribution in [0.4, 0.5) is 0 Å². The molecular weight excluding hydrogens is 318 g/mol. The van der Waals surface area contributed by atoms with Crippen LogP contribution in [-0.2, 0) is 17.9 Å². The Kier molecular flexibility index (Phi) is 5.00. The summed E-state index contributed by atoms with van der Waals surface area (Å²) in [5.74, 6) is 1.13. The van der Waals surface area contributed by atoms with Crippen molar-refractivity contribution in [2.45, 2.75) is 26.1 Å². The smallest absolute Gasteiger partial charge is 0.240 e. The van der Waals surface area contributed by atoms with E-state index in [4.69, 9.17) is 4.74 Å². The second-order valence-electron chi connectivity index (χ2n) is 5.85. The number of fused-ring (bicyclic) bond motifs is 1. The first kappa shape index (κ1) is 17.0. The van der Waals surface area contributed by atoms with Gasteiger partial charge in [-0.3, -0.25) is 4.79 Å². The molecule has 6 nitrogen and oxygen atoms in total. The monoisotopic (exact) mass is 339 g/mol. The third kappa shape index (κ3) is 3.80. The molecule has 0 spiro atoms. The largest absolute Gasteiger partial charge is 0.497 e. The van der Waals surface area contributed by atoms with Gasteiger partial charge >= 0.3 is 0 Å². The number of nitrogens with one attached hydrogen (secondary N) is 1. The fourth-order valence-electron chi connectivity index (χ4n) is 2.72. The lowest BCUT2D eigenvalue weighted by Crippen LogP contribution is -2.28. The summed E-state index contributed by atoms with van der Waals surface area (Å²) in [5.41, 5.74) is 2.58. The molecule has 0 bridgehead atoms. The summed E-state index contributed by atoms with van der Waals surface area (Å²) in [5, 5.41) is 12.8. The van der Waals surface area contributed by atoms with Gasteiger partial charge in [0, 0.05) is 6.54 Å². The van der Waals surface area contributed by atoms with Crippen molar-refractivity contribution in [3.8, 4) is 5.75 Å². The third-order valence-electron chi connectivity index (χ3n) is 4.01. The zero-order chi connectivity index (χ0) is 17.8. The van der Waals surface area contributed by atoms with E-state index < -0.39 is 6.10 Å². The number of ether oxygens (including phenoxy) is 1. The average Bonchev–Trinajstić information content (AvgIpc) is 2.99. The molecule has 1 aromatic heterocycles. The minimum Gasteiger partial charge on any atom is -0.497 e. The normalized spacial score (nSPS) is 12.1. The molecule has 25 heavy (non-hydrogen) atoms. The molecule has 130 valence electrons. The van der Waals surface area contributed by atoms with Crippen molar-refractivity contribution in [1.29, 1.82) is 0 Å². The Bertz CT molecular complexity index is 869. The Morgan fingerprint density at radius 1 is 1.24 bits per heavy atom. The molecule has 0 fully saturated rings. The van der Waals surface area contributed by atoms with E-state index in [9.17, 15) is 9.90 Å². The maximum absolute atomic E-state index is 12.4. The number of para-hydroxylation sites is 2. The van der Waals surface area contributed by atoms with Gasteiger partial charge < -0.3 is 19.7 Å². The van der Waals surface area contributed by atoms with Crippen LogP contribution in [-0.4, -0.2) is 27.7 Å². The molecule has 0 aliphatic heterocycles. The van der Waals surface area contributed by atoms with Gasteiger partial charge in [0.05, 0.1) is 18.1 Å². The third-order valence-corrected chi connectivity index (χ3v) is 4.01. The number of nitrogens with zero attached hydrogens (tertiary/aromatic N) is 2. The minimum atomic E-state index is -0.748. The molecule has 0 saturated heterocycles. The zero-order valence-electron chi connectivity index (χ0n) is 14.3. The van der Waals surface area contributed by atoms with Gasteiger partial charge in [-0.15, -0.1) is 0 Å². The summed E-state index contributed by atoms with van der Waals surface area (Å²) in [6, 6.07) is 15.1.